The van der Waals surface area contributed by atoms with E-state index in [1.54, 1.807) is 0 Å². The van der Waals surface area contributed by atoms with Gasteiger partial charge in [0.05, 0.1) is 0 Å². The molecule has 0 aromatic heterocycles. The van der Waals surface area contributed by atoms with Gasteiger partial charge in [-0.05, 0) is 58.1 Å². The number of hydrogen-bond donors (Lipinski definition) is 0. The van der Waals surface area contributed by atoms with Gasteiger partial charge in [-0.25, -0.2) is 6.54 Å². The predicted molar refractivity (Wildman–Crippen MR) is 173 cm³/mol. The topological polar surface area (TPSA) is 12.5 Å². The van der Waals surface area contributed by atoms with Crippen LogP contribution < -0.4 is 9.64 Å². The summed E-state index contributed by atoms with van der Waals surface area (Å²) in [6.07, 6.45) is 3.44. The quantitative estimate of drug-likeness (QED) is 0.184. The number of benzene rings is 3. The van der Waals surface area contributed by atoms with E-state index in [4.69, 9.17) is 24.1 Å². The summed E-state index contributed by atoms with van der Waals surface area (Å²) in [5, 5.41) is 0. The van der Waals surface area contributed by atoms with Crippen LogP contribution in [-0.4, -0.2) is 16.3 Å². The Kier molecular flexibility index (Phi) is 11.5. The van der Waals surface area contributed by atoms with Gasteiger partial charge in [0.25, 0.3) is 0 Å². The van der Waals surface area contributed by atoms with Crippen molar-refractivity contribution in [1.29, 1.82) is 0 Å². The molecule has 2 nitrogen and oxygen atoms in total. The van der Waals surface area contributed by atoms with E-state index in [-0.39, 0.29) is 17.1 Å². The third kappa shape index (κ3) is 8.21. The Bertz CT molecular complexity index is 1290. The SMILES string of the molecule is CC(C)Oc1ccccc1[CH]=[Ru]([Cl])[Cl].CCc1cccc(CC)c1N1[CH-][C@@](C)(c2cc(C)cc(C)c2)CC1(C)C. The number of aryl methyl sites for hydroxylation is 4. The molecule has 1 aliphatic rings. The van der Waals surface area contributed by atoms with Crippen molar-refractivity contribution in [3.63, 3.8) is 0 Å². The van der Waals surface area contributed by atoms with E-state index < -0.39 is 13.5 Å². The minimum atomic E-state index is -1.77. The molecule has 0 radical (unpaired) electrons. The second kappa shape index (κ2) is 14.0. The van der Waals surface area contributed by atoms with E-state index in [1.165, 1.54) is 33.5 Å². The van der Waals surface area contributed by atoms with Crippen LogP contribution in [0.3, 0.4) is 0 Å². The third-order valence-electron chi connectivity index (χ3n) is 7.42. The monoisotopic (exact) mass is 668 g/mol. The van der Waals surface area contributed by atoms with Crippen molar-refractivity contribution in [2.45, 2.75) is 98.6 Å². The summed E-state index contributed by atoms with van der Waals surface area (Å²) >= 11 is -1.77. The zero-order valence-electron chi connectivity index (χ0n) is 25.6. The van der Waals surface area contributed by atoms with Crippen molar-refractivity contribution in [3.8, 4) is 5.75 Å². The van der Waals surface area contributed by atoms with E-state index in [1.807, 2.05) is 42.7 Å². The predicted octanol–water partition coefficient (Wildman–Crippen LogP) is 10.1. The van der Waals surface area contributed by atoms with Gasteiger partial charge in [0.15, 0.2) is 0 Å². The van der Waals surface area contributed by atoms with Crippen molar-refractivity contribution in [2.24, 2.45) is 0 Å². The number of rotatable bonds is 7. The summed E-state index contributed by atoms with van der Waals surface area (Å²) in [4.78, 5) is 2.59. The van der Waals surface area contributed by atoms with Crippen LogP contribution in [0.2, 0.25) is 0 Å². The smallest absolute Gasteiger partial charge is 0.0140 e. The minimum Gasteiger partial charge on any atom is -0.517 e. The number of anilines is 1. The van der Waals surface area contributed by atoms with E-state index in [2.05, 4.69) is 96.3 Å². The molecule has 0 saturated carbocycles. The summed E-state index contributed by atoms with van der Waals surface area (Å²) < 4.78 is 7.51. The number of para-hydroxylation sites is 2. The molecule has 0 bridgehead atoms. The average molecular weight is 669 g/mol. The molecular weight excluding hydrogens is 622 g/mol. The maximum Gasteiger partial charge on any atom is 0.0140 e. The van der Waals surface area contributed by atoms with Gasteiger partial charge in [-0.3, -0.25) is 0 Å². The summed E-state index contributed by atoms with van der Waals surface area (Å²) in [5.74, 6) is 0.850. The van der Waals surface area contributed by atoms with E-state index in [0.717, 1.165) is 30.6 Å². The van der Waals surface area contributed by atoms with Crippen LogP contribution in [0.25, 0.3) is 0 Å². The van der Waals surface area contributed by atoms with Gasteiger partial charge in [-0.2, -0.15) is 0 Å². The van der Waals surface area contributed by atoms with Crippen LogP contribution in [0.1, 0.15) is 88.3 Å². The second-order valence-electron chi connectivity index (χ2n) is 11.9. The van der Waals surface area contributed by atoms with E-state index in [0.29, 0.717) is 0 Å². The Morgan fingerprint density at radius 3 is 2.02 bits per heavy atom. The molecule has 0 N–H and O–H groups in total. The van der Waals surface area contributed by atoms with Crippen molar-refractivity contribution in [1.82, 2.24) is 0 Å². The summed E-state index contributed by atoms with van der Waals surface area (Å²) in [6, 6.07) is 21.6. The molecule has 0 amide bonds. The molecule has 5 heteroatoms. The van der Waals surface area contributed by atoms with Gasteiger partial charge in [0.1, 0.15) is 0 Å². The van der Waals surface area contributed by atoms with Crippen LogP contribution in [0.15, 0.2) is 60.7 Å². The van der Waals surface area contributed by atoms with Crippen molar-refractivity contribution in [3.05, 3.63) is 101 Å². The molecule has 1 fully saturated rings. The summed E-state index contributed by atoms with van der Waals surface area (Å²) in [5.41, 5.74) is 9.66. The number of halogens is 2. The van der Waals surface area contributed by atoms with E-state index in [9.17, 15) is 0 Å². The summed E-state index contributed by atoms with van der Waals surface area (Å²) in [7, 11) is 11.6. The average Bonchev–Trinajstić information content (AvgIpc) is 3.13. The van der Waals surface area contributed by atoms with Gasteiger partial charge in [0, 0.05) is 11.2 Å². The van der Waals surface area contributed by atoms with Gasteiger partial charge in [0.2, 0.25) is 0 Å². The fraction of sp³-hybridized carbons (Fsp3) is 0.429. The van der Waals surface area contributed by atoms with Gasteiger partial charge in [-0.15, -0.1) is 5.41 Å². The normalized spacial score (nSPS) is 18.3. The van der Waals surface area contributed by atoms with Gasteiger partial charge < -0.3 is 4.90 Å². The van der Waals surface area contributed by atoms with Crippen LogP contribution in [-0.2, 0) is 31.8 Å². The molecule has 0 aliphatic carbocycles. The van der Waals surface area contributed by atoms with Crippen LogP contribution in [0, 0.1) is 20.4 Å². The molecule has 0 unspecified atom stereocenters. The Labute approximate surface area is 256 Å². The molecule has 1 atom stereocenters. The van der Waals surface area contributed by atoms with Gasteiger partial charge >= 0.3 is 97.8 Å². The Balaban J connectivity index is 0.000000267. The fourth-order valence-electron chi connectivity index (χ4n) is 5.87. The maximum absolute atomic E-state index is 5.82. The first-order valence-electron chi connectivity index (χ1n) is 14.2. The molecule has 1 heterocycles. The van der Waals surface area contributed by atoms with Crippen molar-refractivity contribution >= 4 is 29.7 Å². The number of nitrogens with zero attached hydrogens (tertiary/aromatic N) is 1. The number of ether oxygens (including phenoxy) is 1. The Morgan fingerprint density at radius 2 is 1.50 bits per heavy atom. The van der Waals surface area contributed by atoms with Crippen LogP contribution >= 0.6 is 19.4 Å². The first-order chi connectivity index (χ1) is 18.8. The Morgan fingerprint density at radius 1 is 0.925 bits per heavy atom. The van der Waals surface area contributed by atoms with Crippen molar-refractivity contribution < 1.29 is 18.3 Å². The van der Waals surface area contributed by atoms with Crippen molar-refractivity contribution in [2.75, 3.05) is 4.90 Å². The Hall–Kier alpha value is -1.67. The molecule has 1 saturated heterocycles. The zero-order chi connectivity index (χ0) is 29.7. The van der Waals surface area contributed by atoms with Crippen LogP contribution in [0.4, 0.5) is 5.69 Å². The second-order valence-corrected chi connectivity index (χ2v) is 17.7. The molecule has 4 rings (SSSR count). The summed E-state index contributed by atoms with van der Waals surface area (Å²) in [6.45, 7) is 22.6. The molecule has 220 valence electrons. The standard InChI is InChI=1S/C25H34N.C10H12O.2ClH.Ru/c1-8-20-11-10-12-21(9-2)23(20)26-17-25(7,16-24(26,5)6)22-14-18(3)13-19(4)15-22;1-8(2)11-10-7-5-4-6-9(10)3;;;/h10-15,17H,8-9,16H2,1-7H3;3-8H,1-2H3;2*1H;/q-1;;;;+2/p-2/t25-;;;;/m0..../s1. The molecule has 0 spiro atoms. The molecule has 1 aliphatic heterocycles. The minimum absolute atomic E-state index is 0.0617. The maximum atomic E-state index is 5.82. The fourth-order valence-corrected chi connectivity index (χ4v) is 7.68. The first kappa shape index (κ1) is 32.8. The number of hydrogen-bond acceptors (Lipinski definition) is 2. The van der Waals surface area contributed by atoms with E-state index >= 15 is 0 Å². The molecule has 3 aromatic carbocycles. The molecule has 40 heavy (non-hydrogen) atoms. The molecule has 3 aromatic rings. The molecular formula is C35H46Cl2NORu-. The van der Waals surface area contributed by atoms with Crippen LogP contribution in [0.5, 0.6) is 5.75 Å². The third-order valence-corrected chi connectivity index (χ3v) is 9.25. The largest absolute Gasteiger partial charge is 0.517 e. The van der Waals surface area contributed by atoms with Gasteiger partial charge in [-0.1, -0.05) is 73.9 Å². The first-order valence-corrected chi connectivity index (χ1v) is 19.7. The zero-order valence-corrected chi connectivity index (χ0v) is 28.8.